The van der Waals surface area contributed by atoms with Crippen molar-refractivity contribution in [3.8, 4) is 11.3 Å². The fourth-order valence-electron chi connectivity index (χ4n) is 4.47. The summed E-state index contributed by atoms with van der Waals surface area (Å²) in [5, 5.41) is 13.0. The molecule has 1 aliphatic carbocycles. The van der Waals surface area contributed by atoms with E-state index in [1.165, 1.54) is 5.56 Å². The predicted molar refractivity (Wildman–Crippen MR) is 125 cm³/mol. The molecule has 0 bridgehead atoms. The Labute approximate surface area is 188 Å². The molecule has 0 amide bonds. The third-order valence-corrected chi connectivity index (χ3v) is 6.57. The number of halogens is 1. The summed E-state index contributed by atoms with van der Waals surface area (Å²) in [6.45, 7) is 0.817. The van der Waals surface area contributed by atoms with E-state index < -0.39 is 5.97 Å². The molecule has 5 nitrogen and oxygen atoms in total. The first-order chi connectivity index (χ1) is 15.0. The fraction of sp³-hybridized carbons (Fsp3) is 0.360. The number of carboxylic acids is 1. The monoisotopic (exact) mass is 437 g/mol. The van der Waals surface area contributed by atoms with Gasteiger partial charge < -0.3 is 15.3 Å². The van der Waals surface area contributed by atoms with Crippen LogP contribution in [0, 0.1) is 5.92 Å². The Balaban J connectivity index is 1.38. The zero-order valence-corrected chi connectivity index (χ0v) is 18.5. The maximum absolute atomic E-state index is 10.9. The SMILES string of the molecule is CN1CC=CC(Cl)=C1Nc1ccc(-c2ccc(C3CCC(CC(=O)O)CC3)cc2)nc1. The lowest BCUT2D eigenvalue weighted by molar-refractivity contribution is -0.138. The second-order valence-electron chi connectivity index (χ2n) is 8.47. The molecule has 31 heavy (non-hydrogen) atoms. The molecule has 1 saturated carbocycles. The van der Waals surface area contributed by atoms with Gasteiger partial charge in [0.25, 0.3) is 0 Å². The van der Waals surface area contributed by atoms with Gasteiger partial charge in [0, 0.05) is 25.6 Å². The molecule has 4 rings (SSSR count). The van der Waals surface area contributed by atoms with Crippen molar-refractivity contribution in [3.05, 3.63) is 71.2 Å². The molecule has 1 fully saturated rings. The Hall–Kier alpha value is -2.79. The number of anilines is 1. The van der Waals surface area contributed by atoms with Gasteiger partial charge in [0.2, 0.25) is 0 Å². The van der Waals surface area contributed by atoms with Gasteiger partial charge in [-0.1, -0.05) is 41.9 Å². The molecule has 2 N–H and O–H groups in total. The summed E-state index contributed by atoms with van der Waals surface area (Å²) in [5.74, 6) is 1.06. The average Bonchev–Trinajstić information content (AvgIpc) is 2.77. The number of benzene rings is 1. The van der Waals surface area contributed by atoms with Crippen molar-refractivity contribution in [1.29, 1.82) is 0 Å². The van der Waals surface area contributed by atoms with Crippen LogP contribution in [0.25, 0.3) is 11.3 Å². The number of likely N-dealkylation sites (N-methyl/N-ethyl adjacent to an activating group) is 1. The number of hydrogen-bond donors (Lipinski definition) is 2. The first kappa shape index (κ1) is 21.4. The van der Waals surface area contributed by atoms with E-state index >= 15 is 0 Å². The number of nitrogens with one attached hydrogen (secondary N) is 1. The van der Waals surface area contributed by atoms with Crippen molar-refractivity contribution < 1.29 is 9.90 Å². The van der Waals surface area contributed by atoms with Crippen molar-refractivity contribution >= 4 is 23.3 Å². The molecule has 162 valence electrons. The van der Waals surface area contributed by atoms with Gasteiger partial charge in [-0.15, -0.1) is 0 Å². The number of carbonyl (C=O) groups is 1. The lowest BCUT2D eigenvalue weighted by atomic mass is 9.77. The number of allylic oxidation sites excluding steroid dienone is 2. The summed E-state index contributed by atoms with van der Waals surface area (Å²) < 4.78 is 0. The smallest absolute Gasteiger partial charge is 0.303 e. The molecule has 6 heteroatoms. The van der Waals surface area contributed by atoms with E-state index in [1.54, 1.807) is 0 Å². The summed E-state index contributed by atoms with van der Waals surface area (Å²) in [7, 11) is 2.00. The van der Waals surface area contributed by atoms with Gasteiger partial charge >= 0.3 is 5.97 Å². The summed E-state index contributed by atoms with van der Waals surface area (Å²) in [6.07, 6.45) is 10.2. The van der Waals surface area contributed by atoms with Crippen LogP contribution >= 0.6 is 11.6 Å². The zero-order valence-electron chi connectivity index (χ0n) is 17.7. The van der Waals surface area contributed by atoms with Crippen LogP contribution in [0.2, 0.25) is 0 Å². The minimum Gasteiger partial charge on any atom is -0.481 e. The van der Waals surface area contributed by atoms with Crippen molar-refractivity contribution in [2.45, 2.75) is 38.0 Å². The minimum atomic E-state index is -0.677. The van der Waals surface area contributed by atoms with Gasteiger partial charge in [-0.05, 0) is 61.3 Å². The summed E-state index contributed by atoms with van der Waals surface area (Å²) in [4.78, 5) is 17.6. The van der Waals surface area contributed by atoms with Gasteiger partial charge in [0.15, 0.2) is 0 Å². The predicted octanol–water partition coefficient (Wildman–Crippen LogP) is 5.82. The first-order valence-electron chi connectivity index (χ1n) is 10.8. The van der Waals surface area contributed by atoms with Crippen LogP contribution in [0.3, 0.4) is 0 Å². The second kappa shape index (κ2) is 9.56. The highest BCUT2D eigenvalue weighted by Crippen LogP contribution is 2.37. The Morgan fingerprint density at radius 3 is 2.52 bits per heavy atom. The average molecular weight is 438 g/mol. The van der Waals surface area contributed by atoms with E-state index in [2.05, 4.69) is 39.5 Å². The Morgan fingerprint density at radius 1 is 1.16 bits per heavy atom. The van der Waals surface area contributed by atoms with Crippen LogP contribution in [0.15, 0.2) is 65.6 Å². The van der Waals surface area contributed by atoms with Crippen molar-refractivity contribution in [3.63, 3.8) is 0 Å². The van der Waals surface area contributed by atoms with Gasteiger partial charge in [0.05, 0.1) is 22.6 Å². The normalized spacial score (nSPS) is 21.3. The quantitative estimate of drug-likeness (QED) is 0.596. The van der Waals surface area contributed by atoms with E-state index in [0.29, 0.717) is 23.3 Å². The van der Waals surface area contributed by atoms with Gasteiger partial charge in [-0.2, -0.15) is 0 Å². The summed E-state index contributed by atoms with van der Waals surface area (Å²) in [5.41, 5.74) is 4.25. The second-order valence-corrected chi connectivity index (χ2v) is 8.88. The number of carboxylic acid groups (broad SMARTS) is 1. The Bertz CT molecular complexity index is 975. The lowest BCUT2D eigenvalue weighted by Gasteiger charge is -2.28. The highest BCUT2D eigenvalue weighted by atomic mass is 35.5. The third-order valence-electron chi connectivity index (χ3n) is 6.27. The zero-order chi connectivity index (χ0) is 21.8. The number of rotatable bonds is 6. The van der Waals surface area contributed by atoms with Crippen LogP contribution in [-0.4, -0.2) is 34.6 Å². The molecule has 1 aromatic heterocycles. The van der Waals surface area contributed by atoms with Crippen LogP contribution in [0.1, 0.15) is 43.6 Å². The van der Waals surface area contributed by atoms with Crippen molar-refractivity contribution in [1.82, 2.24) is 9.88 Å². The molecule has 2 aromatic rings. The van der Waals surface area contributed by atoms with Crippen LogP contribution in [0.5, 0.6) is 0 Å². The Morgan fingerprint density at radius 2 is 1.90 bits per heavy atom. The molecule has 0 spiro atoms. The maximum atomic E-state index is 10.9. The van der Waals surface area contributed by atoms with Crippen molar-refractivity contribution in [2.75, 3.05) is 18.9 Å². The molecular formula is C25H28ClN3O2. The number of pyridine rings is 1. The molecule has 0 saturated heterocycles. The standard InChI is InChI=1S/C25H28ClN3O2/c1-29-14-2-3-22(26)25(29)28-21-12-13-23(27-16-21)20-10-8-19(9-11-20)18-6-4-17(5-7-18)15-24(30)31/h2-3,8-13,16-18,28H,4-7,14-15H2,1H3,(H,30,31). The molecule has 2 heterocycles. The maximum Gasteiger partial charge on any atom is 0.303 e. The highest BCUT2D eigenvalue weighted by Gasteiger charge is 2.24. The number of nitrogens with zero attached hydrogens (tertiary/aromatic N) is 2. The fourth-order valence-corrected chi connectivity index (χ4v) is 4.75. The van der Waals surface area contributed by atoms with E-state index in [9.17, 15) is 4.79 Å². The topological polar surface area (TPSA) is 65.5 Å². The molecule has 2 aliphatic rings. The minimum absolute atomic E-state index is 0.304. The van der Waals surface area contributed by atoms with E-state index in [-0.39, 0.29) is 0 Å². The van der Waals surface area contributed by atoms with E-state index in [0.717, 1.165) is 55.0 Å². The molecule has 1 aromatic carbocycles. The summed E-state index contributed by atoms with van der Waals surface area (Å²) >= 11 is 6.31. The van der Waals surface area contributed by atoms with Crippen LogP contribution < -0.4 is 5.32 Å². The Kier molecular flexibility index (Phi) is 6.62. The van der Waals surface area contributed by atoms with Crippen LogP contribution in [0.4, 0.5) is 5.69 Å². The third kappa shape index (κ3) is 5.28. The number of hydrogen-bond acceptors (Lipinski definition) is 4. The largest absolute Gasteiger partial charge is 0.481 e. The van der Waals surface area contributed by atoms with Gasteiger partial charge in [-0.3, -0.25) is 9.78 Å². The number of aliphatic carboxylic acids is 1. The molecule has 0 radical (unpaired) electrons. The molecule has 0 atom stereocenters. The summed E-state index contributed by atoms with van der Waals surface area (Å²) in [6, 6.07) is 12.7. The first-order valence-corrected chi connectivity index (χ1v) is 11.2. The van der Waals surface area contributed by atoms with E-state index in [1.807, 2.05) is 37.5 Å². The van der Waals surface area contributed by atoms with Crippen molar-refractivity contribution in [2.24, 2.45) is 5.92 Å². The lowest BCUT2D eigenvalue weighted by Crippen LogP contribution is -2.26. The molecule has 1 aliphatic heterocycles. The number of aromatic nitrogens is 1. The van der Waals surface area contributed by atoms with Crippen LogP contribution in [-0.2, 0) is 4.79 Å². The highest BCUT2D eigenvalue weighted by molar-refractivity contribution is 6.31. The molecular weight excluding hydrogens is 410 g/mol. The van der Waals surface area contributed by atoms with E-state index in [4.69, 9.17) is 16.7 Å². The molecule has 0 unspecified atom stereocenters. The van der Waals surface area contributed by atoms with Gasteiger partial charge in [-0.25, -0.2) is 0 Å². The van der Waals surface area contributed by atoms with Gasteiger partial charge in [0.1, 0.15) is 5.82 Å².